The summed E-state index contributed by atoms with van der Waals surface area (Å²) in [5.41, 5.74) is 1.17. The third-order valence-electron chi connectivity index (χ3n) is 1.72. The highest BCUT2D eigenvalue weighted by Gasteiger charge is 2.02. The van der Waals surface area contributed by atoms with Gasteiger partial charge in [0.05, 0.1) is 4.88 Å². The fraction of sp³-hybridized carbons (Fsp3) is 0.444. The topological polar surface area (TPSA) is 20.3 Å². The van der Waals surface area contributed by atoms with Crippen molar-refractivity contribution in [1.82, 2.24) is 4.90 Å². The lowest BCUT2D eigenvalue weighted by atomic mass is 10.2. The predicted molar refractivity (Wildman–Crippen MR) is 52.0 cm³/mol. The van der Waals surface area contributed by atoms with E-state index in [-0.39, 0.29) is 0 Å². The Balaban J connectivity index is 2.56. The molecule has 0 aromatic carbocycles. The Bertz CT molecular complexity index is 255. The van der Waals surface area contributed by atoms with Gasteiger partial charge in [-0.05, 0) is 37.5 Å². The van der Waals surface area contributed by atoms with Gasteiger partial charge in [-0.25, -0.2) is 0 Å². The Morgan fingerprint density at radius 1 is 1.58 bits per heavy atom. The minimum atomic E-state index is 0.872. The summed E-state index contributed by atoms with van der Waals surface area (Å²) >= 11 is 1.51. The third-order valence-corrected chi connectivity index (χ3v) is 2.60. The largest absolute Gasteiger partial charge is 0.309 e. The quantitative estimate of drug-likeness (QED) is 0.662. The molecular formula is C9H13NOS. The maximum absolute atomic E-state index is 10.5. The van der Waals surface area contributed by atoms with Crippen LogP contribution in [0.15, 0.2) is 11.4 Å². The summed E-state index contributed by atoms with van der Waals surface area (Å²) in [6, 6.07) is 2.03. The van der Waals surface area contributed by atoms with Gasteiger partial charge >= 0.3 is 0 Å². The molecule has 1 heterocycles. The van der Waals surface area contributed by atoms with E-state index in [1.54, 1.807) is 0 Å². The van der Waals surface area contributed by atoms with Gasteiger partial charge in [0.15, 0.2) is 6.29 Å². The standard InChI is InChI=1S/C9H13NOS/c1-10(2)5-3-8-4-6-12-9(8)7-11/h4,6-7H,3,5H2,1-2H3. The monoisotopic (exact) mass is 183 g/mol. The van der Waals surface area contributed by atoms with Gasteiger partial charge in [-0.15, -0.1) is 11.3 Å². The van der Waals surface area contributed by atoms with Crippen LogP contribution in [0.5, 0.6) is 0 Å². The first-order valence-electron chi connectivity index (χ1n) is 3.90. The molecule has 0 aliphatic rings. The summed E-state index contributed by atoms with van der Waals surface area (Å²) in [6.45, 7) is 0.998. The van der Waals surface area contributed by atoms with Gasteiger partial charge in [-0.1, -0.05) is 0 Å². The second-order valence-electron chi connectivity index (χ2n) is 2.98. The molecule has 0 saturated carbocycles. The zero-order valence-electron chi connectivity index (χ0n) is 7.41. The summed E-state index contributed by atoms with van der Waals surface area (Å²) < 4.78 is 0. The molecule has 0 saturated heterocycles. The van der Waals surface area contributed by atoms with E-state index < -0.39 is 0 Å². The van der Waals surface area contributed by atoms with Gasteiger partial charge in [-0.2, -0.15) is 0 Å². The maximum Gasteiger partial charge on any atom is 0.160 e. The van der Waals surface area contributed by atoms with E-state index in [1.165, 1.54) is 16.9 Å². The van der Waals surface area contributed by atoms with Crippen molar-refractivity contribution >= 4 is 17.6 Å². The Morgan fingerprint density at radius 3 is 2.92 bits per heavy atom. The van der Waals surface area contributed by atoms with Crippen molar-refractivity contribution in [1.29, 1.82) is 0 Å². The molecule has 0 radical (unpaired) electrons. The smallest absolute Gasteiger partial charge is 0.160 e. The van der Waals surface area contributed by atoms with Crippen molar-refractivity contribution in [3.63, 3.8) is 0 Å². The van der Waals surface area contributed by atoms with Crippen LogP contribution in [0.25, 0.3) is 0 Å². The first-order chi connectivity index (χ1) is 5.74. The molecule has 0 N–H and O–H groups in total. The summed E-state index contributed by atoms with van der Waals surface area (Å²) in [7, 11) is 4.07. The Labute approximate surface area is 76.8 Å². The molecular weight excluding hydrogens is 170 g/mol. The normalized spacial score (nSPS) is 10.6. The van der Waals surface area contributed by atoms with E-state index in [0.29, 0.717) is 0 Å². The van der Waals surface area contributed by atoms with Crippen LogP contribution in [0, 0.1) is 0 Å². The van der Waals surface area contributed by atoms with Crippen LogP contribution in [0.2, 0.25) is 0 Å². The van der Waals surface area contributed by atoms with Crippen molar-refractivity contribution in [2.45, 2.75) is 6.42 Å². The predicted octanol–water partition coefficient (Wildman–Crippen LogP) is 1.66. The number of carbonyl (C=O) groups is 1. The number of hydrogen-bond donors (Lipinski definition) is 0. The molecule has 66 valence electrons. The number of nitrogens with zero attached hydrogens (tertiary/aromatic N) is 1. The summed E-state index contributed by atoms with van der Waals surface area (Å²) in [6.07, 6.45) is 1.90. The number of carbonyl (C=O) groups excluding carboxylic acids is 1. The molecule has 0 aliphatic heterocycles. The molecule has 0 unspecified atom stereocenters. The molecule has 0 aliphatic carbocycles. The van der Waals surface area contributed by atoms with Crippen molar-refractivity contribution in [3.8, 4) is 0 Å². The number of hydrogen-bond acceptors (Lipinski definition) is 3. The lowest BCUT2D eigenvalue weighted by Gasteiger charge is -2.07. The van der Waals surface area contributed by atoms with Crippen molar-refractivity contribution in [2.24, 2.45) is 0 Å². The molecule has 0 amide bonds. The van der Waals surface area contributed by atoms with Crippen molar-refractivity contribution < 1.29 is 4.79 Å². The molecule has 1 rings (SSSR count). The third kappa shape index (κ3) is 2.43. The Morgan fingerprint density at radius 2 is 2.33 bits per heavy atom. The first kappa shape index (κ1) is 9.42. The van der Waals surface area contributed by atoms with Gasteiger partial charge in [0.1, 0.15) is 0 Å². The van der Waals surface area contributed by atoms with Crippen molar-refractivity contribution in [3.05, 3.63) is 21.9 Å². The molecule has 1 aromatic heterocycles. The molecule has 2 nitrogen and oxygen atoms in total. The van der Waals surface area contributed by atoms with E-state index in [2.05, 4.69) is 4.90 Å². The highest BCUT2D eigenvalue weighted by molar-refractivity contribution is 7.11. The number of likely N-dealkylation sites (N-methyl/N-ethyl adjacent to an activating group) is 1. The lowest BCUT2D eigenvalue weighted by Crippen LogP contribution is -2.15. The van der Waals surface area contributed by atoms with Gasteiger partial charge in [0.2, 0.25) is 0 Å². The van der Waals surface area contributed by atoms with Crippen LogP contribution >= 0.6 is 11.3 Å². The molecule has 0 atom stereocenters. The number of thiophene rings is 1. The van der Waals surface area contributed by atoms with Crippen molar-refractivity contribution in [2.75, 3.05) is 20.6 Å². The summed E-state index contributed by atoms with van der Waals surface area (Å²) in [4.78, 5) is 13.5. The maximum atomic E-state index is 10.5. The second kappa shape index (κ2) is 4.38. The summed E-state index contributed by atoms with van der Waals surface area (Å²) in [5, 5.41) is 1.97. The molecule has 12 heavy (non-hydrogen) atoms. The SMILES string of the molecule is CN(C)CCc1ccsc1C=O. The Kier molecular flexibility index (Phi) is 3.44. The molecule has 0 fully saturated rings. The van der Waals surface area contributed by atoms with E-state index in [1.807, 2.05) is 25.5 Å². The minimum absolute atomic E-state index is 0.872. The highest BCUT2D eigenvalue weighted by atomic mass is 32.1. The van der Waals surface area contributed by atoms with Crippen LogP contribution in [-0.2, 0) is 6.42 Å². The van der Waals surface area contributed by atoms with Gasteiger partial charge in [0.25, 0.3) is 0 Å². The number of rotatable bonds is 4. The van der Waals surface area contributed by atoms with E-state index in [4.69, 9.17) is 0 Å². The van der Waals surface area contributed by atoms with Crippen LogP contribution in [0.3, 0.4) is 0 Å². The fourth-order valence-corrected chi connectivity index (χ4v) is 1.76. The van der Waals surface area contributed by atoms with Crippen LogP contribution in [-0.4, -0.2) is 31.8 Å². The van der Waals surface area contributed by atoms with E-state index in [0.717, 1.165) is 24.1 Å². The molecule has 1 aromatic rings. The van der Waals surface area contributed by atoms with Gasteiger partial charge in [0, 0.05) is 6.54 Å². The molecule has 3 heteroatoms. The zero-order chi connectivity index (χ0) is 8.97. The lowest BCUT2D eigenvalue weighted by molar-refractivity contribution is 0.112. The summed E-state index contributed by atoms with van der Waals surface area (Å²) in [5.74, 6) is 0. The van der Waals surface area contributed by atoms with Gasteiger partial charge in [-0.3, -0.25) is 4.79 Å². The van der Waals surface area contributed by atoms with Crippen LogP contribution < -0.4 is 0 Å². The minimum Gasteiger partial charge on any atom is -0.309 e. The molecule has 0 spiro atoms. The van der Waals surface area contributed by atoms with Crippen LogP contribution in [0.1, 0.15) is 15.2 Å². The average Bonchev–Trinajstić information content (AvgIpc) is 2.47. The highest BCUT2D eigenvalue weighted by Crippen LogP contribution is 2.14. The number of aldehydes is 1. The Hall–Kier alpha value is -0.670. The fourth-order valence-electron chi connectivity index (χ4n) is 1.00. The molecule has 0 bridgehead atoms. The zero-order valence-corrected chi connectivity index (χ0v) is 8.23. The first-order valence-corrected chi connectivity index (χ1v) is 4.78. The van der Waals surface area contributed by atoms with E-state index >= 15 is 0 Å². The average molecular weight is 183 g/mol. The second-order valence-corrected chi connectivity index (χ2v) is 3.93. The van der Waals surface area contributed by atoms with Crippen LogP contribution in [0.4, 0.5) is 0 Å². The van der Waals surface area contributed by atoms with E-state index in [9.17, 15) is 4.79 Å². The van der Waals surface area contributed by atoms with Gasteiger partial charge < -0.3 is 4.90 Å².